The van der Waals surface area contributed by atoms with Gasteiger partial charge < -0.3 is 14.8 Å². The Hall–Kier alpha value is -3.36. The van der Waals surface area contributed by atoms with Gasteiger partial charge in [0.25, 0.3) is 5.91 Å². The molecule has 9 heteroatoms. The fourth-order valence-corrected chi connectivity index (χ4v) is 3.82. The van der Waals surface area contributed by atoms with Gasteiger partial charge in [-0.1, -0.05) is 29.8 Å². The van der Waals surface area contributed by atoms with Crippen LogP contribution >= 0.6 is 22.9 Å². The van der Waals surface area contributed by atoms with Crippen molar-refractivity contribution in [3.8, 4) is 27.8 Å². The number of nitrogens with one attached hydrogen (secondary N) is 1. The summed E-state index contributed by atoms with van der Waals surface area (Å²) < 4.78 is 12.3. The third-order valence-electron chi connectivity index (χ3n) is 4.31. The van der Waals surface area contributed by atoms with Crippen molar-refractivity contribution in [2.45, 2.75) is 0 Å². The molecule has 4 aromatic rings. The van der Waals surface area contributed by atoms with Gasteiger partial charge in [0.15, 0.2) is 0 Å². The summed E-state index contributed by atoms with van der Waals surface area (Å²) in [6.07, 6.45) is 3.60. The van der Waals surface area contributed by atoms with E-state index < -0.39 is 0 Å². The number of rotatable bonds is 6. The molecular weight excluding hydrogens is 424 g/mol. The van der Waals surface area contributed by atoms with Crippen molar-refractivity contribution in [3.63, 3.8) is 0 Å². The van der Waals surface area contributed by atoms with Crippen molar-refractivity contribution < 1.29 is 14.3 Å². The highest BCUT2D eigenvalue weighted by Gasteiger charge is 2.17. The minimum atomic E-state index is -0.365. The molecule has 1 N–H and O–H groups in total. The van der Waals surface area contributed by atoms with Crippen LogP contribution in [-0.4, -0.2) is 34.9 Å². The molecule has 152 valence electrons. The van der Waals surface area contributed by atoms with Crippen LogP contribution in [0.1, 0.15) is 10.5 Å². The Bertz CT molecular complexity index is 1190. The molecule has 2 aromatic carbocycles. The molecule has 0 aliphatic heterocycles. The summed E-state index contributed by atoms with van der Waals surface area (Å²) >= 11 is 7.48. The number of ether oxygens (including phenoxy) is 2. The Morgan fingerprint density at radius 1 is 1.13 bits per heavy atom. The molecule has 0 spiro atoms. The van der Waals surface area contributed by atoms with E-state index >= 15 is 0 Å². The molecule has 2 heterocycles. The minimum absolute atomic E-state index is 0.290. The van der Waals surface area contributed by atoms with Crippen molar-refractivity contribution in [1.29, 1.82) is 0 Å². The van der Waals surface area contributed by atoms with Crippen LogP contribution in [-0.2, 0) is 0 Å². The zero-order chi connectivity index (χ0) is 21.1. The summed E-state index contributed by atoms with van der Waals surface area (Å²) in [7, 11) is 3.00. The predicted octanol–water partition coefficient (Wildman–Crippen LogP) is 4.92. The number of aromatic nitrogens is 3. The fraction of sp³-hybridized carbons (Fsp3) is 0.0952. The number of carbonyl (C=O) groups excluding carboxylic acids is 1. The zero-order valence-corrected chi connectivity index (χ0v) is 17.7. The molecule has 0 aliphatic rings. The van der Waals surface area contributed by atoms with Gasteiger partial charge in [-0.2, -0.15) is 5.10 Å². The molecular formula is C21H17ClN4O3S. The van der Waals surface area contributed by atoms with Gasteiger partial charge in [-0.05, 0) is 12.1 Å². The lowest BCUT2D eigenvalue weighted by atomic mass is 10.2. The standard InChI is InChI=1S/C21H17ClN4O3S/c1-28-18-9-16(19(29-2)8-15(18)22)24-20(27)17-12-30-21(25-17)13-10-23-26(11-13)14-6-4-3-5-7-14/h3-12H,1-2H3,(H,24,27). The summed E-state index contributed by atoms with van der Waals surface area (Å²) in [6, 6.07) is 13.0. The van der Waals surface area contributed by atoms with Crippen molar-refractivity contribution in [3.05, 3.63) is 71.0 Å². The summed E-state index contributed by atoms with van der Waals surface area (Å²) in [6.45, 7) is 0. The maximum atomic E-state index is 12.7. The van der Waals surface area contributed by atoms with E-state index in [2.05, 4.69) is 15.4 Å². The maximum Gasteiger partial charge on any atom is 0.275 e. The average Bonchev–Trinajstić information content (AvgIpc) is 3.45. The molecule has 0 radical (unpaired) electrons. The Morgan fingerprint density at radius 2 is 1.90 bits per heavy atom. The van der Waals surface area contributed by atoms with E-state index in [9.17, 15) is 4.79 Å². The number of thiazole rings is 1. The normalized spacial score (nSPS) is 10.6. The van der Waals surface area contributed by atoms with E-state index in [1.807, 2.05) is 36.5 Å². The van der Waals surface area contributed by atoms with Gasteiger partial charge in [0, 0.05) is 29.3 Å². The number of benzene rings is 2. The molecule has 0 bridgehead atoms. The number of hydrogen-bond acceptors (Lipinski definition) is 6. The number of anilines is 1. The van der Waals surface area contributed by atoms with Crippen molar-refractivity contribution in [2.75, 3.05) is 19.5 Å². The number of amides is 1. The number of hydrogen-bond donors (Lipinski definition) is 1. The van der Waals surface area contributed by atoms with E-state index in [1.165, 1.54) is 25.6 Å². The minimum Gasteiger partial charge on any atom is -0.495 e. The van der Waals surface area contributed by atoms with Crippen LogP contribution < -0.4 is 14.8 Å². The van der Waals surface area contributed by atoms with Crippen LogP contribution in [0.25, 0.3) is 16.3 Å². The molecule has 0 fully saturated rings. The Labute approximate surface area is 181 Å². The number of para-hydroxylation sites is 1. The first kappa shape index (κ1) is 19.9. The second-order valence-electron chi connectivity index (χ2n) is 6.19. The maximum absolute atomic E-state index is 12.7. The van der Waals surface area contributed by atoms with Crippen molar-refractivity contribution in [1.82, 2.24) is 14.8 Å². The summed E-state index contributed by atoms with van der Waals surface area (Å²) in [4.78, 5) is 17.2. The molecule has 4 rings (SSSR count). The number of halogens is 1. The van der Waals surface area contributed by atoms with Crippen LogP contribution in [0.15, 0.2) is 60.2 Å². The SMILES string of the molecule is COc1cc(NC(=O)c2csc(-c3cnn(-c4ccccc4)c3)n2)c(OC)cc1Cl. The first-order valence-corrected chi connectivity index (χ1v) is 10.1. The zero-order valence-electron chi connectivity index (χ0n) is 16.1. The molecule has 0 aliphatic carbocycles. The van der Waals surface area contributed by atoms with E-state index in [1.54, 1.807) is 28.4 Å². The van der Waals surface area contributed by atoms with Gasteiger partial charge in [-0.3, -0.25) is 4.79 Å². The van der Waals surface area contributed by atoms with E-state index in [0.717, 1.165) is 11.3 Å². The Balaban J connectivity index is 1.55. The predicted molar refractivity (Wildman–Crippen MR) is 117 cm³/mol. The van der Waals surface area contributed by atoms with Crippen LogP contribution in [0.2, 0.25) is 5.02 Å². The summed E-state index contributed by atoms with van der Waals surface area (Å²) in [5.41, 5.74) is 2.50. The highest BCUT2D eigenvalue weighted by Crippen LogP contribution is 2.36. The molecule has 2 aromatic heterocycles. The summed E-state index contributed by atoms with van der Waals surface area (Å²) in [5.74, 6) is 0.490. The number of nitrogens with zero attached hydrogens (tertiary/aromatic N) is 3. The van der Waals surface area contributed by atoms with Gasteiger partial charge in [0.1, 0.15) is 22.2 Å². The smallest absolute Gasteiger partial charge is 0.275 e. The molecule has 7 nitrogen and oxygen atoms in total. The molecule has 30 heavy (non-hydrogen) atoms. The first-order chi connectivity index (χ1) is 14.6. The number of carbonyl (C=O) groups is 1. The van der Waals surface area contributed by atoms with Crippen LogP contribution in [0.5, 0.6) is 11.5 Å². The lowest BCUT2D eigenvalue weighted by Crippen LogP contribution is -2.13. The van der Waals surface area contributed by atoms with Crippen molar-refractivity contribution >= 4 is 34.5 Å². The molecule has 0 saturated carbocycles. The quantitative estimate of drug-likeness (QED) is 0.460. The second kappa shape index (κ2) is 8.56. The number of methoxy groups -OCH3 is 2. The van der Waals surface area contributed by atoms with Gasteiger partial charge >= 0.3 is 0 Å². The highest BCUT2D eigenvalue weighted by atomic mass is 35.5. The molecule has 0 unspecified atom stereocenters. The van der Waals surface area contributed by atoms with Gasteiger partial charge in [0.05, 0.1) is 36.8 Å². The lowest BCUT2D eigenvalue weighted by Gasteiger charge is -2.12. The third-order valence-corrected chi connectivity index (χ3v) is 5.50. The Morgan fingerprint density at radius 3 is 2.63 bits per heavy atom. The lowest BCUT2D eigenvalue weighted by molar-refractivity contribution is 0.102. The first-order valence-electron chi connectivity index (χ1n) is 8.88. The van der Waals surface area contributed by atoms with Crippen molar-refractivity contribution in [2.24, 2.45) is 0 Å². The van der Waals surface area contributed by atoms with E-state index in [0.29, 0.717) is 32.9 Å². The van der Waals surface area contributed by atoms with Crippen LogP contribution in [0, 0.1) is 0 Å². The van der Waals surface area contributed by atoms with E-state index in [-0.39, 0.29) is 5.91 Å². The third kappa shape index (κ3) is 4.00. The second-order valence-corrected chi connectivity index (χ2v) is 7.45. The fourth-order valence-electron chi connectivity index (χ4n) is 2.81. The van der Waals surface area contributed by atoms with Crippen LogP contribution in [0.4, 0.5) is 5.69 Å². The summed E-state index contributed by atoms with van der Waals surface area (Å²) in [5, 5.41) is 9.95. The van der Waals surface area contributed by atoms with E-state index in [4.69, 9.17) is 21.1 Å². The topological polar surface area (TPSA) is 78.3 Å². The molecule has 0 atom stereocenters. The highest BCUT2D eigenvalue weighted by molar-refractivity contribution is 7.13. The monoisotopic (exact) mass is 440 g/mol. The largest absolute Gasteiger partial charge is 0.495 e. The Kier molecular flexibility index (Phi) is 5.69. The van der Waals surface area contributed by atoms with Gasteiger partial charge in [0.2, 0.25) is 0 Å². The molecule has 1 amide bonds. The van der Waals surface area contributed by atoms with Crippen LogP contribution in [0.3, 0.4) is 0 Å². The average molecular weight is 441 g/mol. The van der Waals surface area contributed by atoms with Gasteiger partial charge in [-0.25, -0.2) is 9.67 Å². The molecule has 0 saturated heterocycles. The van der Waals surface area contributed by atoms with Gasteiger partial charge in [-0.15, -0.1) is 11.3 Å².